The van der Waals surface area contributed by atoms with Crippen molar-refractivity contribution >= 4 is 5.82 Å². The van der Waals surface area contributed by atoms with Crippen LogP contribution in [0.5, 0.6) is 0 Å². The van der Waals surface area contributed by atoms with Gasteiger partial charge in [-0.25, -0.2) is 14.4 Å². The van der Waals surface area contributed by atoms with E-state index in [4.69, 9.17) is 0 Å². The van der Waals surface area contributed by atoms with Gasteiger partial charge in [0, 0.05) is 6.04 Å². The molecule has 1 aliphatic rings. The summed E-state index contributed by atoms with van der Waals surface area (Å²) in [5, 5.41) is 3.05. The maximum atomic E-state index is 13.3. The summed E-state index contributed by atoms with van der Waals surface area (Å²) in [4.78, 5) is 7.62. The molecule has 1 heterocycles. The standard InChI is InChI=1S/C9H12FN3/c1-5-3-7(5)13-9-8(10)6(2)11-4-12-9/h4-5,7H,3H2,1-2H3,(H,11,12,13)/t5-,7-/m1/s1. The molecule has 1 aromatic heterocycles. The third-order valence-corrected chi connectivity index (χ3v) is 2.40. The zero-order valence-corrected chi connectivity index (χ0v) is 7.71. The van der Waals surface area contributed by atoms with Crippen molar-refractivity contribution in [3.05, 3.63) is 17.8 Å². The lowest BCUT2D eigenvalue weighted by atomic mass is 10.4. The fourth-order valence-corrected chi connectivity index (χ4v) is 1.26. The Labute approximate surface area is 76.4 Å². The number of hydrogen-bond acceptors (Lipinski definition) is 3. The molecule has 0 bridgehead atoms. The van der Waals surface area contributed by atoms with Crippen LogP contribution in [0.3, 0.4) is 0 Å². The van der Waals surface area contributed by atoms with E-state index in [1.807, 2.05) is 0 Å². The van der Waals surface area contributed by atoms with Crippen molar-refractivity contribution in [2.75, 3.05) is 5.32 Å². The van der Waals surface area contributed by atoms with Gasteiger partial charge in [0.25, 0.3) is 0 Å². The quantitative estimate of drug-likeness (QED) is 0.755. The summed E-state index contributed by atoms with van der Waals surface area (Å²) in [5.41, 5.74) is 0.394. The summed E-state index contributed by atoms with van der Waals surface area (Å²) in [5.74, 6) is 0.637. The minimum absolute atomic E-state index is 0.332. The van der Waals surface area contributed by atoms with Crippen molar-refractivity contribution < 1.29 is 4.39 Å². The first kappa shape index (κ1) is 8.41. The van der Waals surface area contributed by atoms with E-state index in [1.165, 1.54) is 6.33 Å². The van der Waals surface area contributed by atoms with Crippen molar-refractivity contribution in [2.45, 2.75) is 26.3 Å². The highest BCUT2D eigenvalue weighted by Crippen LogP contribution is 2.32. The Kier molecular flexibility index (Phi) is 1.90. The Hall–Kier alpha value is -1.19. The summed E-state index contributed by atoms with van der Waals surface area (Å²) in [6.07, 6.45) is 2.48. The molecule has 1 N–H and O–H groups in total. The number of anilines is 1. The fourth-order valence-electron chi connectivity index (χ4n) is 1.26. The Morgan fingerprint density at radius 1 is 1.54 bits per heavy atom. The van der Waals surface area contributed by atoms with Crippen molar-refractivity contribution in [3.63, 3.8) is 0 Å². The van der Waals surface area contributed by atoms with Gasteiger partial charge < -0.3 is 5.32 Å². The number of aromatic nitrogens is 2. The first-order valence-electron chi connectivity index (χ1n) is 4.42. The van der Waals surface area contributed by atoms with Gasteiger partial charge in [0.2, 0.25) is 0 Å². The highest BCUT2D eigenvalue weighted by Gasteiger charge is 2.33. The van der Waals surface area contributed by atoms with Gasteiger partial charge in [-0.05, 0) is 19.3 Å². The number of hydrogen-bond donors (Lipinski definition) is 1. The molecule has 1 aliphatic carbocycles. The van der Waals surface area contributed by atoms with Gasteiger partial charge in [0.1, 0.15) is 6.33 Å². The average Bonchev–Trinajstić information content (AvgIpc) is 2.77. The molecule has 2 rings (SSSR count). The predicted octanol–water partition coefficient (Wildman–Crippen LogP) is 1.74. The van der Waals surface area contributed by atoms with Gasteiger partial charge in [-0.1, -0.05) is 6.92 Å². The van der Waals surface area contributed by atoms with Gasteiger partial charge in [-0.15, -0.1) is 0 Å². The van der Waals surface area contributed by atoms with E-state index in [0.29, 0.717) is 23.5 Å². The maximum absolute atomic E-state index is 13.3. The van der Waals surface area contributed by atoms with Crippen LogP contribution >= 0.6 is 0 Å². The van der Waals surface area contributed by atoms with Crippen molar-refractivity contribution in [1.82, 2.24) is 9.97 Å². The molecule has 0 amide bonds. The van der Waals surface area contributed by atoms with Gasteiger partial charge >= 0.3 is 0 Å². The minimum Gasteiger partial charge on any atom is -0.365 e. The van der Waals surface area contributed by atoms with Crippen LogP contribution in [0.15, 0.2) is 6.33 Å². The SMILES string of the molecule is Cc1ncnc(N[C@@H]2C[C@H]2C)c1F. The van der Waals surface area contributed by atoms with Crippen LogP contribution in [0.1, 0.15) is 19.0 Å². The molecule has 3 nitrogen and oxygen atoms in total. The number of nitrogens with one attached hydrogen (secondary N) is 1. The van der Waals surface area contributed by atoms with Gasteiger partial charge in [0.05, 0.1) is 5.69 Å². The molecule has 2 atom stereocenters. The molecular formula is C9H12FN3. The third-order valence-electron chi connectivity index (χ3n) is 2.40. The van der Waals surface area contributed by atoms with Crippen LogP contribution in [0.25, 0.3) is 0 Å². The summed E-state index contributed by atoms with van der Waals surface area (Å²) in [6, 6.07) is 0.392. The molecule has 1 saturated carbocycles. The van der Waals surface area contributed by atoms with Gasteiger partial charge in [0.15, 0.2) is 11.6 Å². The highest BCUT2D eigenvalue weighted by molar-refractivity contribution is 5.39. The summed E-state index contributed by atoms with van der Waals surface area (Å²) in [6.45, 7) is 3.77. The van der Waals surface area contributed by atoms with Crippen LogP contribution in [0.2, 0.25) is 0 Å². The number of nitrogens with zero attached hydrogens (tertiary/aromatic N) is 2. The molecule has 0 saturated heterocycles. The van der Waals surface area contributed by atoms with E-state index >= 15 is 0 Å². The molecule has 0 aliphatic heterocycles. The molecule has 1 fully saturated rings. The smallest absolute Gasteiger partial charge is 0.186 e. The van der Waals surface area contributed by atoms with Crippen LogP contribution in [-0.2, 0) is 0 Å². The second kappa shape index (κ2) is 2.94. The van der Waals surface area contributed by atoms with E-state index in [1.54, 1.807) is 6.92 Å². The lowest BCUT2D eigenvalue weighted by Crippen LogP contribution is -2.08. The molecule has 13 heavy (non-hydrogen) atoms. The minimum atomic E-state index is -0.332. The summed E-state index contributed by atoms with van der Waals surface area (Å²) >= 11 is 0. The molecule has 0 aromatic carbocycles. The monoisotopic (exact) mass is 181 g/mol. The number of aryl methyl sites for hydroxylation is 1. The molecule has 1 aromatic rings. The van der Waals surface area contributed by atoms with E-state index in [-0.39, 0.29) is 5.82 Å². The van der Waals surface area contributed by atoms with Crippen LogP contribution in [-0.4, -0.2) is 16.0 Å². The first-order chi connectivity index (χ1) is 6.18. The lowest BCUT2D eigenvalue weighted by Gasteiger charge is -2.05. The molecule has 70 valence electrons. The number of halogens is 1. The van der Waals surface area contributed by atoms with E-state index in [2.05, 4.69) is 22.2 Å². The van der Waals surface area contributed by atoms with E-state index in [0.717, 1.165) is 6.42 Å². The second-order valence-corrected chi connectivity index (χ2v) is 3.59. The van der Waals surface area contributed by atoms with Gasteiger partial charge in [-0.2, -0.15) is 0 Å². The van der Waals surface area contributed by atoms with Gasteiger partial charge in [-0.3, -0.25) is 0 Å². The Morgan fingerprint density at radius 2 is 2.23 bits per heavy atom. The lowest BCUT2D eigenvalue weighted by molar-refractivity contribution is 0.604. The fraction of sp³-hybridized carbons (Fsp3) is 0.556. The largest absolute Gasteiger partial charge is 0.365 e. The zero-order valence-electron chi connectivity index (χ0n) is 7.71. The topological polar surface area (TPSA) is 37.8 Å². The van der Waals surface area contributed by atoms with Crippen LogP contribution in [0, 0.1) is 18.7 Å². The van der Waals surface area contributed by atoms with E-state index < -0.39 is 0 Å². The molecule has 0 radical (unpaired) electrons. The Balaban J connectivity index is 2.15. The van der Waals surface area contributed by atoms with Crippen molar-refractivity contribution in [2.24, 2.45) is 5.92 Å². The van der Waals surface area contributed by atoms with E-state index in [9.17, 15) is 4.39 Å². The molecule has 4 heteroatoms. The third kappa shape index (κ3) is 1.61. The van der Waals surface area contributed by atoms with Crippen LogP contribution in [0.4, 0.5) is 10.2 Å². The summed E-state index contributed by atoms with van der Waals surface area (Å²) in [7, 11) is 0. The van der Waals surface area contributed by atoms with Crippen LogP contribution < -0.4 is 5.32 Å². The average molecular weight is 181 g/mol. The maximum Gasteiger partial charge on any atom is 0.186 e. The first-order valence-corrected chi connectivity index (χ1v) is 4.42. The predicted molar refractivity (Wildman–Crippen MR) is 47.9 cm³/mol. The molecular weight excluding hydrogens is 169 g/mol. The normalized spacial score (nSPS) is 25.8. The highest BCUT2D eigenvalue weighted by atomic mass is 19.1. The second-order valence-electron chi connectivity index (χ2n) is 3.59. The Morgan fingerprint density at radius 3 is 2.85 bits per heavy atom. The summed E-state index contributed by atoms with van der Waals surface area (Å²) < 4.78 is 13.3. The zero-order chi connectivity index (χ0) is 9.42. The molecule has 0 unspecified atom stereocenters. The number of rotatable bonds is 2. The van der Waals surface area contributed by atoms with Crippen molar-refractivity contribution in [1.29, 1.82) is 0 Å². The molecule has 0 spiro atoms. The Bertz CT molecular complexity index is 327. The van der Waals surface area contributed by atoms with Crippen molar-refractivity contribution in [3.8, 4) is 0 Å².